The van der Waals surface area contributed by atoms with Gasteiger partial charge in [-0.15, -0.1) is 0 Å². The molecule has 33 heteroatoms. The van der Waals surface area contributed by atoms with Crippen LogP contribution < -0.4 is 29.6 Å². The summed E-state index contributed by atoms with van der Waals surface area (Å²) >= 11 is 0. The molecule has 0 bridgehead atoms. The zero-order valence-corrected chi connectivity index (χ0v) is 57.1. The average Bonchev–Trinajstić information content (AvgIpc) is 1.28. The minimum Gasteiger partial charge on any atom is -0.726 e. The van der Waals surface area contributed by atoms with Crippen LogP contribution in [0.2, 0.25) is 0 Å². The molecule has 9 fully saturated rings. The van der Waals surface area contributed by atoms with Crippen molar-refractivity contribution in [2.45, 2.75) is 291 Å². The van der Waals surface area contributed by atoms with Crippen LogP contribution in [0.5, 0.6) is 0 Å². The first kappa shape index (κ1) is 77.1. The topological polar surface area (TPSA) is 477 Å². The zero-order valence-electron chi connectivity index (χ0n) is 54.2. The van der Waals surface area contributed by atoms with E-state index in [4.69, 9.17) is 61.0 Å². The van der Waals surface area contributed by atoms with Crippen molar-refractivity contribution in [1.29, 1.82) is 0 Å². The van der Waals surface area contributed by atoms with E-state index in [-0.39, 0.29) is 77.3 Å². The predicted molar refractivity (Wildman–Crippen MR) is 309 cm³/mol. The van der Waals surface area contributed by atoms with E-state index in [2.05, 4.69) is 19.9 Å². The largest absolute Gasteiger partial charge is 1.00 e. The van der Waals surface area contributed by atoms with E-state index < -0.39 is 226 Å². The molecule has 0 aromatic heterocycles. The number of ketones is 1. The van der Waals surface area contributed by atoms with E-state index in [0.717, 1.165) is 24.8 Å². The predicted octanol–water partition coefficient (Wildman–Crippen LogP) is -6.75. The summed E-state index contributed by atoms with van der Waals surface area (Å²) in [6.45, 7) is 12.2. The van der Waals surface area contributed by atoms with Crippen LogP contribution >= 0.6 is 0 Å². The summed E-state index contributed by atoms with van der Waals surface area (Å²) in [5.74, 6) is -0.150. The molecule has 3 saturated carbocycles. The zero-order chi connectivity index (χ0) is 67.8. The van der Waals surface area contributed by atoms with Crippen LogP contribution in [0.1, 0.15) is 107 Å². The molecule has 94 heavy (non-hydrogen) atoms. The second-order valence-electron chi connectivity index (χ2n) is 28.2. The Balaban J connectivity index is 0.0000104. The van der Waals surface area contributed by atoms with E-state index in [0.29, 0.717) is 19.3 Å². The number of hydrogen-bond acceptors (Lipinski definition) is 31. The van der Waals surface area contributed by atoms with E-state index in [1.54, 1.807) is 6.08 Å². The number of fused-ring (bicyclic) bond motifs is 5. The van der Waals surface area contributed by atoms with Gasteiger partial charge in [-0.3, -0.25) is 8.98 Å². The van der Waals surface area contributed by atoms with Gasteiger partial charge >= 0.3 is 29.6 Å². The summed E-state index contributed by atoms with van der Waals surface area (Å²) in [4.78, 5) is 13.1. The number of aliphatic hydroxyl groups excluding tert-OH is 14. The van der Waals surface area contributed by atoms with Gasteiger partial charge in [-0.2, -0.15) is 0 Å². The smallest absolute Gasteiger partial charge is 0.726 e. The van der Waals surface area contributed by atoms with Crippen molar-refractivity contribution >= 4 is 16.2 Å². The van der Waals surface area contributed by atoms with Crippen molar-refractivity contribution in [3.8, 4) is 0 Å². The van der Waals surface area contributed by atoms with E-state index in [1.165, 1.54) is 26.3 Å². The monoisotopic (exact) mass is 1380 g/mol. The molecule has 0 radical (unpaired) electrons. The van der Waals surface area contributed by atoms with Gasteiger partial charge in [0.25, 0.3) is 0 Å². The molecule has 10 rings (SSSR count). The van der Waals surface area contributed by atoms with E-state index in [1.807, 2.05) is 20.8 Å². The molecule has 31 nitrogen and oxygen atoms in total. The molecule has 0 unspecified atom stereocenters. The Kier molecular flexibility index (Phi) is 25.4. The van der Waals surface area contributed by atoms with Crippen molar-refractivity contribution in [2.24, 2.45) is 40.4 Å². The quantitative estimate of drug-likeness (QED) is 0.0177. The second kappa shape index (κ2) is 30.9. The third-order valence-electron chi connectivity index (χ3n) is 21.7. The van der Waals surface area contributed by atoms with Crippen LogP contribution in [-0.2, 0) is 76.2 Å². The summed E-state index contributed by atoms with van der Waals surface area (Å²) in [7, 11) is -5.13. The van der Waals surface area contributed by atoms with Gasteiger partial charge in [-0.05, 0) is 119 Å². The van der Waals surface area contributed by atoms with Gasteiger partial charge < -0.3 is 133 Å². The molecule has 6 aliphatic heterocycles. The second-order valence-corrected chi connectivity index (χ2v) is 29.3. The minimum absolute atomic E-state index is 0. The first-order valence-electron chi connectivity index (χ1n) is 32.5. The van der Waals surface area contributed by atoms with Gasteiger partial charge in [-0.1, -0.05) is 44.9 Å². The molecule has 0 aromatic carbocycles. The fraction of sp³-hybridized carbons (Fsp3) is 0.918. The third-order valence-corrected chi connectivity index (χ3v) is 22.2. The van der Waals surface area contributed by atoms with Crippen LogP contribution in [0.4, 0.5) is 0 Å². The Hall–Kier alpha value is -1.02. The maximum Gasteiger partial charge on any atom is 1.00 e. The van der Waals surface area contributed by atoms with Gasteiger partial charge in [0.1, 0.15) is 116 Å². The summed E-state index contributed by atoms with van der Waals surface area (Å²) in [5, 5.41) is 156. The summed E-state index contributed by atoms with van der Waals surface area (Å²) < 4.78 is 114. The molecule has 0 amide bonds. The Morgan fingerprint density at radius 3 is 1.68 bits per heavy atom. The van der Waals surface area contributed by atoms with Crippen LogP contribution in [0.15, 0.2) is 23.3 Å². The van der Waals surface area contributed by atoms with Crippen LogP contribution in [0.25, 0.3) is 0 Å². The number of ether oxygens (including phenoxy) is 12. The first-order valence-corrected chi connectivity index (χ1v) is 33.8. The number of rotatable bonds is 20. The molecule has 0 spiro atoms. The maximum absolute atomic E-state index is 13.1. The molecule has 14 N–H and O–H groups in total. The SMILES string of the molecule is C/C(=C\C(=O)CC(C)C)[C@H]1CC[C@H]2[C@@H]3C[C@H](O[C@@H]4O[C@H](C)[C@@H](O)[C@H](O[C@@H]5OC[C@@H](O[C@@H]6O[C@H](CO)[C@H](O)[C@H](O)[C@H]6O[C@@H]6O[C@H](C)[C@H](O)[C@H](O[C@@H]7O[C@@H](CO)[C@H](O)[C@H]7O)[C@H]6O)[C@H](O)[C@H]5O[C@@H]5O[C@H](C)[C@@H](O)[C@H](O)[C@H]5O)[C@H]4O)[C@H]4C[C@@H](OS(=O)(=O)[O-])CC[C@]4(C)C3=CC[C@]12C.[Na+]. The van der Waals surface area contributed by atoms with Gasteiger partial charge in [0.05, 0.1) is 50.3 Å². The number of allylic oxidation sites excluding steroid dienone is 4. The summed E-state index contributed by atoms with van der Waals surface area (Å²) in [5.41, 5.74) is 1.30. The fourth-order valence-corrected chi connectivity index (χ4v) is 17.0. The van der Waals surface area contributed by atoms with Crippen molar-refractivity contribution in [2.75, 3.05) is 19.8 Å². The van der Waals surface area contributed by atoms with Crippen LogP contribution in [-0.4, -0.2) is 294 Å². The molecule has 36 atom stereocenters. The molecular formula is C61H97NaO31S. The van der Waals surface area contributed by atoms with E-state index in [9.17, 15) is 89.3 Å². The normalized spacial score (nSPS) is 50.9. The summed E-state index contributed by atoms with van der Waals surface area (Å²) in [6, 6.07) is 0. The molecule has 10 aliphatic rings. The molecule has 6 heterocycles. The molecule has 0 aromatic rings. The number of hydrogen-bond donors (Lipinski definition) is 14. The first-order chi connectivity index (χ1) is 43.7. The van der Waals surface area contributed by atoms with Crippen LogP contribution in [0.3, 0.4) is 0 Å². The van der Waals surface area contributed by atoms with Crippen molar-refractivity contribution in [3.63, 3.8) is 0 Å². The number of carbonyl (C=O) groups excluding carboxylic acids is 1. The van der Waals surface area contributed by atoms with Gasteiger partial charge in [-0.25, -0.2) is 8.42 Å². The Morgan fingerprint density at radius 2 is 1.10 bits per heavy atom. The van der Waals surface area contributed by atoms with E-state index >= 15 is 0 Å². The Labute approximate surface area is 567 Å². The standard InChI is InChI=1S/C61H98O31S.Na/c1-22(2)15-27(64)16-23(3)30-9-10-31-29-18-34(33-17-28(92-93(77,78)79)11-13-61(33,8)32(29)12-14-60(30,31)7)84-56-48(75)51(40(67)25(5)82-56)89-58-52(90-54-47(74)44(71)38(65)24(4)81-54)43(70)37(21-80-58)87-59-53(45(72)41(68)35(19-62)86-59)91-57-49(76)50(39(66)26(6)83-57)88-55-46(73)42(69)36(20-63)85-55;/h12,16,22,24-26,28-31,33-59,62-63,65-76H,9-11,13-15,17-21H2,1-8H3,(H,77,78,79);/q;+1/p-1/b23-16+;/t24-,25-,26-,28+,29+,30-,31+,33-,34+,35-,36+,37-,38-,39+,40-,41+,42+,43+,44+,45+,46-,47-,48-,49-,50+,51+,52-,53-,54+,55+,56+,57+,58+,59+,60-,61-;/m1./s1. The Bertz CT molecular complexity index is 2720. The molecular weight excluding hydrogens is 1280 g/mol. The third kappa shape index (κ3) is 15.5. The minimum atomic E-state index is -5.13. The van der Waals surface area contributed by atoms with Crippen molar-refractivity contribution < 1.29 is 180 Å². The molecule has 534 valence electrons. The van der Waals surface area contributed by atoms with Crippen LogP contribution in [0, 0.1) is 40.4 Å². The Morgan fingerprint density at radius 1 is 0.596 bits per heavy atom. The van der Waals surface area contributed by atoms with Gasteiger partial charge in [0.15, 0.2) is 43.5 Å². The average molecular weight is 1380 g/mol. The number of aliphatic hydroxyl groups is 14. The fourth-order valence-electron chi connectivity index (χ4n) is 16.5. The van der Waals surface area contributed by atoms with Crippen molar-refractivity contribution in [1.82, 2.24) is 0 Å². The maximum atomic E-state index is 13.1. The summed E-state index contributed by atoms with van der Waals surface area (Å²) in [6.07, 6.45) is -42.5. The molecule has 4 aliphatic carbocycles. The van der Waals surface area contributed by atoms with Gasteiger partial charge in [0.2, 0.25) is 10.4 Å². The molecule has 6 saturated heterocycles. The number of carbonyl (C=O) groups is 1. The van der Waals surface area contributed by atoms with Crippen molar-refractivity contribution in [3.05, 3.63) is 23.3 Å². The van der Waals surface area contributed by atoms with Gasteiger partial charge in [0, 0.05) is 6.42 Å².